The van der Waals surface area contributed by atoms with Crippen LogP contribution in [-0.2, 0) is 17.4 Å². The first kappa shape index (κ1) is 20.9. The number of thiophene rings is 1. The standard InChI is InChI=1S/C22H18ClF3N2OS/c23-17-8-4-7-16(22(24,25)26)20(17)27-19(29)13-28-11-9-18-15(10-12-30-18)21(28)14-5-2-1-3-6-14/h1-8,10,12,21H,9,11,13H2,(H,27,29). The molecule has 4 rings (SSSR count). The van der Waals surface area contributed by atoms with Crippen LogP contribution in [0.4, 0.5) is 18.9 Å². The molecule has 0 saturated heterocycles. The van der Waals surface area contributed by atoms with Crippen molar-refractivity contribution in [2.45, 2.75) is 18.6 Å². The zero-order chi connectivity index (χ0) is 21.3. The highest BCUT2D eigenvalue weighted by Gasteiger charge is 2.35. The van der Waals surface area contributed by atoms with E-state index in [1.54, 1.807) is 11.3 Å². The Hall–Kier alpha value is -2.35. The molecule has 2 aromatic carbocycles. The normalized spacial score (nSPS) is 16.9. The Kier molecular flexibility index (Phi) is 5.86. The first-order valence-corrected chi connectivity index (χ1v) is 10.6. The van der Waals surface area contributed by atoms with Gasteiger partial charge >= 0.3 is 6.18 Å². The topological polar surface area (TPSA) is 32.3 Å². The monoisotopic (exact) mass is 450 g/mol. The van der Waals surface area contributed by atoms with E-state index in [9.17, 15) is 18.0 Å². The van der Waals surface area contributed by atoms with E-state index in [2.05, 4.69) is 11.4 Å². The van der Waals surface area contributed by atoms with Crippen molar-refractivity contribution in [3.8, 4) is 0 Å². The van der Waals surface area contributed by atoms with Gasteiger partial charge in [0.05, 0.1) is 28.9 Å². The highest BCUT2D eigenvalue weighted by molar-refractivity contribution is 7.10. The van der Waals surface area contributed by atoms with Crippen LogP contribution in [0.1, 0.15) is 27.6 Å². The summed E-state index contributed by atoms with van der Waals surface area (Å²) in [6, 6.07) is 15.2. The molecule has 1 unspecified atom stereocenters. The second kappa shape index (κ2) is 8.41. The zero-order valence-electron chi connectivity index (χ0n) is 15.7. The molecule has 0 radical (unpaired) electrons. The average Bonchev–Trinajstić information content (AvgIpc) is 3.18. The van der Waals surface area contributed by atoms with Crippen molar-refractivity contribution in [3.63, 3.8) is 0 Å². The average molecular weight is 451 g/mol. The lowest BCUT2D eigenvalue weighted by molar-refractivity contribution is -0.137. The van der Waals surface area contributed by atoms with Crippen molar-refractivity contribution in [1.82, 2.24) is 4.90 Å². The summed E-state index contributed by atoms with van der Waals surface area (Å²) >= 11 is 7.66. The van der Waals surface area contributed by atoms with E-state index >= 15 is 0 Å². The summed E-state index contributed by atoms with van der Waals surface area (Å²) in [5, 5.41) is 4.28. The molecule has 1 N–H and O–H groups in total. The first-order valence-electron chi connectivity index (χ1n) is 9.35. The Morgan fingerprint density at radius 2 is 1.90 bits per heavy atom. The Morgan fingerprint density at radius 1 is 1.13 bits per heavy atom. The van der Waals surface area contributed by atoms with Crippen LogP contribution in [0.5, 0.6) is 0 Å². The zero-order valence-corrected chi connectivity index (χ0v) is 17.3. The fourth-order valence-electron chi connectivity index (χ4n) is 3.82. The second-order valence-corrected chi connectivity index (χ2v) is 8.45. The highest BCUT2D eigenvalue weighted by atomic mass is 35.5. The van der Waals surface area contributed by atoms with Gasteiger partial charge < -0.3 is 5.32 Å². The van der Waals surface area contributed by atoms with E-state index < -0.39 is 23.3 Å². The number of fused-ring (bicyclic) bond motifs is 1. The molecule has 8 heteroatoms. The number of halogens is 4. The number of carbonyl (C=O) groups is 1. The largest absolute Gasteiger partial charge is 0.418 e. The van der Waals surface area contributed by atoms with Gasteiger partial charge in [-0.05, 0) is 41.1 Å². The van der Waals surface area contributed by atoms with Crippen molar-refractivity contribution in [1.29, 1.82) is 0 Å². The second-order valence-electron chi connectivity index (χ2n) is 7.04. The van der Waals surface area contributed by atoms with Gasteiger partial charge in [0.15, 0.2) is 0 Å². The molecule has 156 valence electrons. The third-order valence-electron chi connectivity index (χ3n) is 5.11. The van der Waals surface area contributed by atoms with E-state index in [0.717, 1.165) is 23.6 Å². The lowest BCUT2D eigenvalue weighted by atomic mass is 9.93. The molecule has 0 saturated carbocycles. The fraction of sp³-hybridized carbons (Fsp3) is 0.227. The summed E-state index contributed by atoms with van der Waals surface area (Å²) < 4.78 is 40.0. The summed E-state index contributed by atoms with van der Waals surface area (Å²) in [5.41, 5.74) is 0.820. The van der Waals surface area contributed by atoms with E-state index in [0.29, 0.717) is 6.54 Å². The molecular weight excluding hydrogens is 433 g/mol. The molecule has 30 heavy (non-hydrogen) atoms. The number of nitrogens with one attached hydrogen (secondary N) is 1. The molecule has 0 spiro atoms. The van der Waals surface area contributed by atoms with Crippen molar-refractivity contribution >= 4 is 34.5 Å². The lowest BCUT2D eigenvalue weighted by Gasteiger charge is -2.35. The van der Waals surface area contributed by atoms with Crippen LogP contribution in [0.25, 0.3) is 0 Å². The summed E-state index contributed by atoms with van der Waals surface area (Å²) in [6.07, 6.45) is -3.82. The smallest absolute Gasteiger partial charge is 0.323 e. The molecule has 1 amide bonds. The van der Waals surface area contributed by atoms with Crippen molar-refractivity contribution in [2.24, 2.45) is 0 Å². The van der Waals surface area contributed by atoms with Crippen molar-refractivity contribution < 1.29 is 18.0 Å². The van der Waals surface area contributed by atoms with E-state index in [-0.39, 0.29) is 17.6 Å². The van der Waals surface area contributed by atoms with Gasteiger partial charge in [0, 0.05) is 11.4 Å². The molecule has 1 aromatic heterocycles. The van der Waals surface area contributed by atoms with Crippen LogP contribution >= 0.6 is 22.9 Å². The van der Waals surface area contributed by atoms with Gasteiger partial charge in [-0.25, -0.2) is 0 Å². The van der Waals surface area contributed by atoms with Crippen LogP contribution in [0.3, 0.4) is 0 Å². The van der Waals surface area contributed by atoms with Crippen molar-refractivity contribution in [3.05, 3.63) is 86.6 Å². The predicted octanol–water partition coefficient (Wildman–Crippen LogP) is 6.01. The number of rotatable bonds is 4. The number of nitrogens with zero attached hydrogens (tertiary/aromatic N) is 1. The summed E-state index contributed by atoms with van der Waals surface area (Å²) in [6.45, 7) is 0.590. The van der Waals surface area contributed by atoms with E-state index in [4.69, 9.17) is 11.6 Å². The Labute approximate surface area is 181 Å². The van der Waals surface area contributed by atoms with Crippen LogP contribution < -0.4 is 5.32 Å². The quantitative estimate of drug-likeness (QED) is 0.528. The molecule has 0 fully saturated rings. The Morgan fingerprint density at radius 3 is 2.63 bits per heavy atom. The molecule has 3 aromatic rings. The van der Waals surface area contributed by atoms with Gasteiger partial charge in [-0.3, -0.25) is 9.69 Å². The van der Waals surface area contributed by atoms with Gasteiger partial charge in [-0.2, -0.15) is 13.2 Å². The number of anilines is 1. The molecule has 1 atom stereocenters. The maximum absolute atomic E-state index is 13.3. The highest BCUT2D eigenvalue weighted by Crippen LogP contribution is 2.39. The number of para-hydroxylation sites is 1. The predicted molar refractivity (Wildman–Crippen MR) is 113 cm³/mol. The van der Waals surface area contributed by atoms with Gasteiger partial charge in [-0.15, -0.1) is 11.3 Å². The summed E-state index contributed by atoms with van der Waals surface area (Å²) in [4.78, 5) is 16.0. The van der Waals surface area contributed by atoms with Crippen molar-refractivity contribution in [2.75, 3.05) is 18.4 Å². The number of hydrogen-bond acceptors (Lipinski definition) is 3. The minimum atomic E-state index is -4.61. The fourth-order valence-corrected chi connectivity index (χ4v) is 4.94. The van der Waals surface area contributed by atoms with Crippen LogP contribution in [0.2, 0.25) is 5.02 Å². The van der Waals surface area contributed by atoms with Gasteiger partial charge in [0.25, 0.3) is 0 Å². The van der Waals surface area contributed by atoms with Gasteiger partial charge in [-0.1, -0.05) is 48.0 Å². The molecule has 2 heterocycles. The molecule has 1 aliphatic heterocycles. The van der Waals surface area contributed by atoms with E-state index in [1.165, 1.54) is 17.0 Å². The molecule has 0 aliphatic carbocycles. The number of alkyl halides is 3. The lowest BCUT2D eigenvalue weighted by Crippen LogP contribution is -2.40. The molecular formula is C22H18ClF3N2OS. The summed E-state index contributed by atoms with van der Waals surface area (Å²) in [5.74, 6) is -0.534. The van der Waals surface area contributed by atoms with Crippen LogP contribution in [0.15, 0.2) is 60.0 Å². The number of hydrogen-bond donors (Lipinski definition) is 1. The van der Waals surface area contributed by atoms with Gasteiger partial charge in [0.1, 0.15) is 0 Å². The number of amides is 1. The number of benzene rings is 2. The minimum Gasteiger partial charge on any atom is -0.323 e. The van der Waals surface area contributed by atoms with Gasteiger partial charge in [0.2, 0.25) is 5.91 Å². The molecule has 1 aliphatic rings. The van der Waals surface area contributed by atoms with Crippen LogP contribution in [0, 0.1) is 0 Å². The van der Waals surface area contributed by atoms with Crippen LogP contribution in [-0.4, -0.2) is 23.9 Å². The third-order valence-corrected chi connectivity index (χ3v) is 6.42. The maximum atomic E-state index is 13.3. The SMILES string of the molecule is O=C(CN1CCc2sccc2C1c1ccccc1)Nc1c(Cl)cccc1C(F)(F)F. The number of carbonyl (C=O) groups excluding carboxylic acids is 1. The first-order chi connectivity index (χ1) is 14.3. The summed E-state index contributed by atoms with van der Waals surface area (Å²) in [7, 11) is 0. The third kappa shape index (κ3) is 4.24. The molecule has 0 bridgehead atoms. The minimum absolute atomic E-state index is 0.0443. The Bertz CT molecular complexity index is 1050. The Balaban J connectivity index is 1.59. The van der Waals surface area contributed by atoms with E-state index in [1.807, 2.05) is 40.6 Å². The molecule has 3 nitrogen and oxygen atoms in total. The maximum Gasteiger partial charge on any atom is 0.418 e.